The lowest BCUT2D eigenvalue weighted by Gasteiger charge is -2.28. The lowest BCUT2D eigenvalue weighted by Crippen LogP contribution is -2.35. The molecule has 1 heterocycles. The molecule has 32 heavy (non-hydrogen) atoms. The van der Waals surface area contributed by atoms with Crippen molar-refractivity contribution in [2.75, 3.05) is 6.61 Å². The summed E-state index contributed by atoms with van der Waals surface area (Å²) in [6.07, 6.45) is 4.01. The van der Waals surface area contributed by atoms with Gasteiger partial charge in [-0.2, -0.15) is 5.26 Å². The number of nitrogens with one attached hydrogen (secondary N) is 1. The van der Waals surface area contributed by atoms with Gasteiger partial charge in [-0.05, 0) is 68.5 Å². The summed E-state index contributed by atoms with van der Waals surface area (Å²) in [5.74, 6) is 0.611. The Morgan fingerprint density at radius 1 is 1.19 bits per heavy atom. The van der Waals surface area contributed by atoms with Crippen molar-refractivity contribution in [1.82, 2.24) is 14.5 Å². The van der Waals surface area contributed by atoms with Gasteiger partial charge in [0.2, 0.25) is 6.41 Å². The molecule has 166 valence electrons. The molecule has 0 spiro atoms. The van der Waals surface area contributed by atoms with Gasteiger partial charge in [0.1, 0.15) is 5.75 Å². The topological polar surface area (TPSA) is 89.0 Å². The van der Waals surface area contributed by atoms with Crippen LogP contribution in [-0.2, 0) is 11.3 Å². The van der Waals surface area contributed by atoms with Crippen LogP contribution in [0.4, 0.5) is 0 Å². The predicted molar refractivity (Wildman–Crippen MR) is 123 cm³/mol. The van der Waals surface area contributed by atoms with E-state index in [1.807, 2.05) is 35.8 Å². The summed E-state index contributed by atoms with van der Waals surface area (Å²) in [6.45, 7) is 2.76. The maximum Gasteiger partial charge on any atom is 0.329 e. The van der Waals surface area contributed by atoms with Gasteiger partial charge in [0.15, 0.2) is 0 Å². The first-order valence-corrected chi connectivity index (χ1v) is 11.2. The molecule has 0 saturated heterocycles. The lowest BCUT2D eigenvalue weighted by atomic mass is 9.91. The minimum absolute atomic E-state index is 0.0489. The number of hydrogen-bond acceptors (Lipinski definition) is 4. The molecule has 1 aromatic heterocycles. The number of nitrogens with zero attached hydrogens (tertiary/aromatic N) is 3. The number of rotatable bonds is 7. The second-order valence-corrected chi connectivity index (χ2v) is 8.45. The smallest absolute Gasteiger partial charge is 0.329 e. The normalized spacial score (nSPS) is 18.3. The van der Waals surface area contributed by atoms with Crippen molar-refractivity contribution in [2.45, 2.75) is 51.2 Å². The Hall–Kier alpha value is -3.24. The summed E-state index contributed by atoms with van der Waals surface area (Å²) >= 11 is 6.36. The minimum Gasteiger partial charge on any atom is -0.492 e. The zero-order valence-electron chi connectivity index (χ0n) is 17.9. The predicted octanol–water partition coefficient (Wildman–Crippen LogP) is 4.00. The lowest BCUT2D eigenvalue weighted by molar-refractivity contribution is -0.110. The van der Waals surface area contributed by atoms with E-state index in [2.05, 4.69) is 11.4 Å². The molecule has 7 nitrogen and oxygen atoms in total. The molecule has 1 aliphatic carbocycles. The van der Waals surface area contributed by atoms with Crippen LogP contribution < -0.4 is 15.7 Å². The van der Waals surface area contributed by atoms with Gasteiger partial charge < -0.3 is 10.1 Å². The van der Waals surface area contributed by atoms with E-state index in [9.17, 15) is 14.9 Å². The number of imidazole rings is 1. The second-order valence-electron chi connectivity index (χ2n) is 8.04. The van der Waals surface area contributed by atoms with Crippen LogP contribution in [-0.4, -0.2) is 28.2 Å². The standard InChI is InChI=1S/C24H25ClN4O3/c1-2-32-23-10-4-17(11-20(23)25)14-28-22-12-16(13-26)3-9-21(22)29(24(28)31)19-7-5-18(6-8-19)27-15-30/h3-4,9-12,15,18-19H,2,5-8,14H2,1H3,(H,27,30)/t18-,19-. The number of halogens is 1. The molecule has 4 rings (SSSR count). The molecule has 1 amide bonds. The minimum atomic E-state index is -0.105. The average Bonchev–Trinajstić information content (AvgIpc) is 3.07. The highest BCUT2D eigenvalue weighted by Crippen LogP contribution is 2.31. The first-order chi connectivity index (χ1) is 15.5. The van der Waals surface area contributed by atoms with Gasteiger partial charge in [0.05, 0.1) is 40.8 Å². The van der Waals surface area contributed by atoms with Crippen LogP contribution in [0.5, 0.6) is 5.75 Å². The Morgan fingerprint density at radius 3 is 2.62 bits per heavy atom. The van der Waals surface area contributed by atoms with E-state index in [0.717, 1.165) is 48.7 Å². The Balaban J connectivity index is 1.73. The number of amides is 1. The molecule has 1 aliphatic rings. The highest BCUT2D eigenvalue weighted by molar-refractivity contribution is 6.32. The molecular weight excluding hydrogens is 428 g/mol. The number of ether oxygens (including phenoxy) is 1. The van der Waals surface area contributed by atoms with Crippen LogP contribution in [0.1, 0.15) is 49.8 Å². The quantitative estimate of drug-likeness (QED) is 0.548. The van der Waals surface area contributed by atoms with Crippen LogP contribution in [0.15, 0.2) is 41.2 Å². The van der Waals surface area contributed by atoms with Gasteiger partial charge >= 0.3 is 5.69 Å². The van der Waals surface area contributed by atoms with E-state index in [0.29, 0.717) is 29.5 Å². The fourth-order valence-corrected chi connectivity index (χ4v) is 4.81. The van der Waals surface area contributed by atoms with E-state index in [-0.39, 0.29) is 17.8 Å². The first-order valence-electron chi connectivity index (χ1n) is 10.8. The van der Waals surface area contributed by atoms with E-state index < -0.39 is 0 Å². The van der Waals surface area contributed by atoms with Crippen LogP contribution in [0.25, 0.3) is 11.0 Å². The Labute approximate surface area is 191 Å². The van der Waals surface area contributed by atoms with E-state index >= 15 is 0 Å². The number of carbonyl (C=O) groups excluding carboxylic acids is 1. The third-order valence-corrected chi connectivity index (χ3v) is 6.39. The molecule has 0 atom stereocenters. The van der Waals surface area contributed by atoms with Crippen LogP contribution >= 0.6 is 11.6 Å². The van der Waals surface area contributed by atoms with Crippen molar-refractivity contribution in [1.29, 1.82) is 5.26 Å². The molecule has 0 aliphatic heterocycles. The summed E-state index contributed by atoms with van der Waals surface area (Å²) in [6, 6.07) is 13.3. The number of aromatic nitrogens is 2. The third kappa shape index (κ3) is 4.23. The maximum atomic E-state index is 13.6. The number of benzene rings is 2. The summed E-state index contributed by atoms with van der Waals surface area (Å²) in [5.41, 5.74) is 2.82. The summed E-state index contributed by atoms with van der Waals surface area (Å²) < 4.78 is 9.07. The van der Waals surface area contributed by atoms with Gasteiger partial charge in [-0.15, -0.1) is 0 Å². The molecule has 2 aromatic carbocycles. The Kier molecular flexibility index (Phi) is 6.52. The van der Waals surface area contributed by atoms with Crippen molar-refractivity contribution < 1.29 is 9.53 Å². The van der Waals surface area contributed by atoms with Crippen LogP contribution in [0.2, 0.25) is 5.02 Å². The fraction of sp³-hybridized carbons (Fsp3) is 0.375. The SMILES string of the molecule is CCOc1ccc(Cn2c(=O)n([C@H]3CC[C@H](NC=O)CC3)c3ccc(C#N)cc32)cc1Cl. The zero-order chi connectivity index (χ0) is 22.7. The van der Waals surface area contributed by atoms with Crippen molar-refractivity contribution in [3.63, 3.8) is 0 Å². The molecule has 3 aromatic rings. The fourth-order valence-electron chi connectivity index (χ4n) is 4.55. The molecule has 1 saturated carbocycles. The number of fused-ring (bicyclic) bond motifs is 1. The molecule has 0 unspecified atom stereocenters. The summed E-state index contributed by atoms with van der Waals surface area (Å²) in [5, 5.41) is 12.7. The Bertz CT molecular complexity index is 1230. The van der Waals surface area contributed by atoms with Crippen molar-refractivity contribution >= 4 is 29.0 Å². The summed E-state index contributed by atoms with van der Waals surface area (Å²) in [4.78, 5) is 24.3. The highest BCUT2D eigenvalue weighted by Gasteiger charge is 2.26. The van der Waals surface area contributed by atoms with Gasteiger partial charge in [-0.3, -0.25) is 13.9 Å². The molecule has 0 bridgehead atoms. The molecular formula is C24H25ClN4O3. The summed E-state index contributed by atoms with van der Waals surface area (Å²) in [7, 11) is 0. The number of carbonyl (C=O) groups is 1. The number of hydrogen-bond donors (Lipinski definition) is 1. The van der Waals surface area contributed by atoms with Crippen LogP contribution in [0.3, 0.4) is 0 Å². The van der Waals surface area contributed by atoms with Gasteiger partial charge in [0, 0.05) is 12.1 Å². The van der Waals surface area contributed by atoms with E-state index in [1.54, 1.807) is 16.7 Å². The first kappa shape index (κ1) is 22.0. The average molecular weight is 453 g/mol. The van der Waals surface area contributed by atoms with Crippen molar-refractivity contribution in [3.05, 3.63) is 63.0 Å². The monoisotopic (exact) mass is 452 g/mol. The second kappa shape index (κ2) is 9.49. The van der Waals surface area contributed by atoms with Gasteiger partial charge in [-0.25, -0.2) is 4.79 Å². The van der Waals surface area contributed by atoms with Crippen LogP contribution in [0, 0.1) is 11.3 Å². The number of nitriles is 1. The van der Waals surface area contributed by atoms with Crippen molar-refractivity contribution in [2.24, 2.45) is 0 Å². The molecule has 8 heteroatoms. The van der Waals surface area contributed by atoms with E-state index in [1.165, 1.54) is 0 Å². The highest BCUT2D eigenvalue weighted by atomic mass is 35.5. The molecule has 1 N–H and O–H groups in total. The molecule has 0 radical (unpaired) electrons. The molecule has 1 fully saturated rings. The Morgan fingerprint density at radius 2 is 1.97 bits per heavy atom. The third-order valence-electron chi connectivity index (χ3n) is 6.09. The van der Waals surface area contributed by atoms with Gasteiger partial charge in [0.25, 0.3) is 0 Å². The zero-order valence-corrected chi connectivity index (χ0v) is 18.6. The van der Waals surface area contributed by atoms with Gasteiger partial charge in [-0.1, -0.05) is 17.7 Å². The maximum absolute atomic E-state index is 13.6. The largest absolute Gasteiger partial charge is 0.492 e. The van der Waals surface area contributed by atoms with Crippen molar-refractivity contribution in [3.8, 4) is 11.8 Å². The van der Waals surface area contributed by atoms with E-state index in [4.69, 9.17) is 16.3 Å².